The van der Waals surface area contributed by atoms with Gasteiger partial charge >= 0.3 is 6.03 Å². The molecule has 3 heterocycles. The van der Waals surface area contributed by atoms with E-state index in [1.54, 1.807) is 0 Å². The first-order chi connectivity index (χ1) is 14.6. The molecule has 2 aromatic rings. The molecule has 4 N–H and O–H groups in total. The van der Waals surface area contributed by atoms with E-state index in [9.17, 15) is 31.6 Å². The number of ether oxygens (including phenoxy) is 1. The number of benzene rings is 1. The van der Waals surface area contributed by atoms with E-state index in [0.717, 1.165) is 18.2 Å². The third kappa shape index (κ3) is 3.50. The number of nitrogens with one attached hydrogen (secondary N) is 2. The summed E-state index contributed by atoms with van der Waals surface area (Å²) in [6, 6.07) is 1.69. The maximum absolute atomic E-state index is 14.1. The summed E-state index contributed by atoms with van der Waals surface area (Å²) in [7, 11) is -4.60. The largest absolute Gasteiger partial charge is 0.490 e. The fourth-order valence-electron chi connectivity index (χ4n) is 3.18. The van der Waals surface area contributed by atoms with E-state index < -0.39 is 57.1 Å². The summed E-state index contributed by atoms with van der Waals surface area (Å²) in [5.41, 5.74) is 4.46. The molecule has 0 spiro atoms. The molecule has 162 valence electrons. The smallest absolute Gasteiger partial charge is 0.336 e. The molecule has 1 aromatic heterocycles. The summed E-state index contributed by atoms with van der Waals surface area (Å²) in [6.45, 7) is -1.18. The molecule has 4 rings (SSSR count). The molecule has 1 aromatic carbocycles. The maximum atomic E-state index is 14.1. The average molecular weight is 453 g/mol. The predicted octanol–water partition coefficient (Wildman–Crippen LogP) is 0.245. The highest BCUT2D eigenvalue weighted by atomic mass is 32.2. The van der Waals surface area contributed by atoms with E-state index in [1.807, 2.05) is 0 Å². The molecule has 0 saturated heterocycles. The number of rotatable bonds is 4. The molecule has 1 atom stereocenters. The number of pyridine rings is 1. The zero-order valence-corrected chi connectivity index (χ0v) is 16.2. The van der Waals surface area contributed by atoms with Crippen LogP contribution in [0.1, 0.15) is 22.1 Å². The number of nitrogens with zero attached hydrogens (tertiary/aromatic N) is 2. The number of carbonyl (C=O) groups is 3. The van der Waals surface area contributed by atoms with E-state index in [4.69, 9.17) is 10.5 Å². The van der Waals surface area contributed by atoms with Crippen molar-refractivity contribution in [3.05, 3.63) is 47.2 Å². The van der Waals surface area contributed by atoms with Gasteiger partial charge in [-0.1, -0.05) is 0 Å². The van der Waals surface area contributed by atoms with Crippen LogP contribution in [0.3, 0.4) is 0 Å². The lowest BCUT2D eigenvalue weighted by molar-refractivity contribution is -0.121. The summed E-state index contributed by atoms with van der Waals surface area (Å²) in [6.07, 6.45) is 0. The third-order valence-corrected chi connectivity index (χ3v) is 6.22. The molecule has 2 aliphatic heterocycles. The monoisotopic (exact) mass is 453 g/mol. The Morgan fingerprint density at radius 2 is 2.06 bits per heavy atom. The van der Waals surface area contributed by atoms with Crippen LogP contribution in [0.15, 0.2) is 29.3 Å². The number of carbonyl (C=O) groups excluding carboxylic acids is 3. The number of fused-ring (bicyclic) bond motifs is 2. The highest BCUT2D eigenvalue weighted by molar-refractivity contribution is 7.89. The van der Waals surface area contributed by atoms with Crippen molar-refractivity contribution in [3.8, 4) is 5.75 Å². The summed E-state index contributed by atoms with van der Waals surface area (Å²) in [5.74, 6) is -3.85. The SMILES string of the molecule is NC(=O)c1ccc2c(n1)S(=O)(=O)N(CC(=O)N[C@H]1COc3cc(F)cc(F)c31)C(=O)N2. The quantitative estimate of drug-likeness (QED) is 0.598. The van der Waals surface area contributed by atoms with Crippen LogP contribution in [0.2, 0.25) is 0 Å². The van der Waals surface area contributed by atoms with Gasteiger partial charge in [0.25, 0.3) is 15.9 Å². The number of urea groups is 1. The lowest BCUT2D eigenvalue weighted by Crippen LogP contribution is -2.49. The van der Waals surface area contributed by atoms with Crippen LogP contribution in [0.5, 0.6) is 5.75 Å². The summed E-state index contributed by atoms with van der Waals surface area (Å²) in [5, 5.41) is 3.94. The van der Waals surface area contributed by atoms with E-state index in [2.05, 4.69) is 15.6 Å². The van der Waals surface area contributed by atoms with Gasteiger partial charge in [0.2, 0.25) is 10.9 Å². The molecule has 4 amide bonds. The first kappa shape index (κ1) is 20.5. The second-order valence-corrected chi connectivity index (χ2v) is 8.36. The van der Waals surface area contributed by atoms with Gasteiger partial charge in [-0.15, -0.1) is 0 Å². The number of primary amides is 1. The molecule has 0 aliphatic carbocycles. The van der Waals surface area contributed by atoms with Crippen LogP contribution in [-0.2, 0) is 14.8 Å². The molecule has 31 heavy (non-hydrogen) atoms. The van der Waals surface area contributed by atoms with Gasteiger partial charge in [-0.2, -0.15) is 8.42 Å². The zero-order chi connectivity index (χ0) is 22.5. The number of halogens is 2. The fraction of sp³-hybridized carbons (Fsp3) is 0.176. The van der Waals surface area contributed by atoms with Crippen molar-refractivity contribution in [2.45, 2.75) is 11.1 Å². The topological polar surface area (TPSA) is 161 Å². The van der Waals surface area contributed by atoms with E-state index in [0.29, 0.717) is 6.07 Å². The number of hydrogen-bond acceptors (Lipinski definition) is 7. The van der Waals surface area contributed by atoms with Gasteiger partial charge in [0, 0.05) is 12.1 Å². The number of amides is 4. The zero-order valence-electron chi connectivity index (χ0n) is 15.4. The molecular formula is C17H13F2N5O6S. The summed E-state index contributed by atoms with van der Waals surface area (Å²) >= 11 is 0. The van der Waals surface area contributed by atoms with E-state index in [-0.39, 0.29) is 33.6 Å². The second kappa shape index (κ2) is 7.16. The second-order valence-electron chi connectivity index (χ2n) is 6.59. The normalized spacial score (nSPS) is 18.5. The van der Waals surface area contributed by atoms with Crippen molar-refractivity contribution in [2.75, 3.05) is 18.5 Å². The number of hydrogen-bond donors (Lipinski definition) is 3. The molecule has 2 aliphatic rings. The highest BCUT2D eigenvalue weighted by Gasteiger charge is 2.40. The van der Waals surface area contributed by atoms with Crippen molar-refractivity contribution in [3.63, 3.8) is 0 Å². The van der Waals surface area contributed by atoms with Crippen LogP contribution >= 0.6 is 0 Å². The van der Waals surface area contributed by atoms with Crippen molar-refractivity contribution in [1.82, 2.24) is 14.6 Å². The van der Waals surface area contributed by atoms with Gasteiger partial charge in [0.1, 0.15) is 36.2 Å². The first-order valence-electron chi connectivity index (χ1n) is 8.63. The lowest BCUT2D eigenvalue weighted by atomic mass is 10.1. The van der Waals surface area contributed by atoms with Gasteiger partial charge in [0.15, 0.2) is 0 Å². The molecule has 0 saturated carbocycles. The van der Waals surface area contributed by atoms with Crippen LogP contribution < -0.4 is 21.1 Å². The average Bonchev–Trinajstić information content (AvgIpc) is 3.07. The Morgan fingerprint density at radius 3 is 2.77 bits per heavy atom. The van der Waals surface area contributed by atoms with E-state index in [1.165, 1.54) is 0 Å². The highest BCUT2D eigenvalue weighted by Crippen LogP contribution is 2.35. The molecular weight excluding hydrogens is 440 g/mol. The molecule has 14 heteroatoms. The molecule has 0 bridgehead atoms. The van der Waals surface area contributed by atoms with Gasteiger partial charge in [-0.05, 0) is 12.1 Å². The summed E-state index contributed by atoms with van der Waals surface area (Å²) in [4.78, 5) is 39.6. The van der Waals surface area contributed by atoms with E-state index >= 15 is 0 Å². The minimum atomic E-state index is -4.60. The van der Waals surface area contributed by atoms with Crippen LogP contribution in [0, 0.1) is 11.6 Å². The Labute approximate surface area is 173 Å². The van der Waals surface area contributed by atoms with Gasteiger partial charge in [0.05, 0.1) is 17.3 Å². The van der Waals surface area contributed by atoms with Crippen molar-refractivity contribution in [1.29, 1.82) is 0 Å². The lowest BCUT2D eigenvalue weighted by Gasteiger charge is -2.28. The number of anilines is 1. The number of aromatic nitrogens is 1. The Morgan fingerprint density at radius 1 is 1.32 bits per heavy atom. The molecule has 0 radical (unpaired) electrons. The van der Waals surface area contributed by atoms with Crippen molar-refractivity contribution >= 4 is 33.6 Å². The first-order valence-corrected chi connectivity index (χ1v) is 10.1. The van der Waals surface area contributed by atoms with Crippen LogP contribution in [0.4, 0.5) is 19.3 Å². The fourth-order valence-corrected chi connectivity index (χ4v) is 4.55. The Hall–Kier alpha value is -3.81. The van der Waals surface area contributed by atoms with Gasteiger partial charge < -0.3 is 21.1 Å². The van der Waals surface area contributed by atoms with Crippen molar-refractivity contribution < 1.29 is 36.3 Å². The van der Waals surface area contributed by atoms with Gasteiger partial charge in [-0.25, -0.2) is 22.9 Å². The minimum Gasteiger partial charge on any atom is -0.490 e. The Bertz CT molecular complexity index is 1250. The Kier molecular flexibility index (Phi) is 4.72. The standard InChI is InChI=1S/C17H13F2N5O6S/c18-7-3-8(19)14-11(6-30-12(14)4-7)21-13(25)5-24-17(27)23-10-2-1-9(15(20)26)22-16(10)31(24,28)29/h1-4,11H,5-6H2,(H2,20,26)(H,21,25)(H,23,27)/t11-/m0/s1. The Balaban J connectivity index is 1.56. The molecule has 0 fully saturated rings. The third-order valence-electron chi connectivity index (χ3n) is 4.55. The van der Waals surface area contributed by atoms with Gasteiger partial charge in [-0.3, -0.25) is 9.59 Å². The summed E-state index contributed by atoms with van der Waals surface area (Å²) < 4.78 is 58.3. The maximum Gasteiger partial charge on any atom is 0.336 e. The van der Waals surface area contributed by atoms with Crippen LogP contribution in [0.25, 0.3) is 0 Å². The molecule has 0 unspecified atom stereocenters. The predicted molar refractivity (Wildman–Crippen MR) is 98.4 cm³/mol. The van der Waals surface area contributed by atoms with Crippen LogP contribution in [-0.4, -0.2) is 48.7 Å². The number of sulfonamides is 1. The van der Waals surface area contributed by atoms with Crippen molar-refractivity contribution in [2.24, 2.45) is 5.73 Å². The minimum absolute atomic E-state index is 0.0942. The molecule has 11 nitrogen and oxygen atoms in total. The number of nitrogens with two attached hydrogens (primary N) is 1.